The van der Waals surface area contributed by atoms with E-state index >= 15 is 0 Å². The standard InChI is InChI=1S/C25H30F3N3O2/c1-3-4-7-15-30(24(33)29-21-12-10-20(11-13-21)25(26,27)28)17-23(32)31-16-14-19-8-5-6-9-22(19)18(31)2/h5-6,8-13,18H,3-4,7,14-17H2,1-2H3,(H,29,33). The molecule has 0 saturated heterocycles. The molecule has 8 heteroatoms. The number of hydrogen-bond acceptors (Lipinski definition) is 2. The van der Waals surface area contributed by atoms with E-state index in [-0.39, 0.29) is 24.2 Å². The second-order valence-electron chi connectivity index (χ2n) is 8.35. The Labute approximate surface area is 192 Å². The summed E-state index contributed by atoms with van der Waals surface area (Å²) >= 11 is 0. The van der Waals surface area contributed by atoms with Gasteiger partial charge >= 0.3 is 12.2 Å². The summed E-state index contributed by atoms with van der Waals surface area (Å²) in [4.78, 5) is 29.3. The lowest BCUT2D eigenvalue weighted by Gasteiger charge is -2.36. The van der Waals surface area contributed by atoms with Gasteiger partial charge in [-0.3, -0.25) is 4.79 Å². The van der Waals surface area contributed by atoms with Gasteiger partial charge in [0.2, 0.25) is 5.91 Å². The van der Waals surface area contributed by atoms with Crippen LogP contribution in [0.15, 0.2) is 48.5 Å². The Balaban J connectivity index is 1.68. The summed E-state index contributed by atoms with van der Waals surface area (Å²) in [5, 5.41) is 2.63. The second kappa shape index (κ2) is 10.7. The minimum atomic E-state index is -4.44. The number of rotatable bonds is 7. The zero-order valence-electron chi connectivity index (χ0n) is 19.0. The predicted molar refractivity (Wildman–Crippen MR) is 122 cm³/mol. The Bertz CT molecular complexity index is 960. The van der Waals surface area contributed by atoms with Crippen molar-refractivity contribution in [3.05, 3.63) is 65.2 Å². The highest BCUT2D eigenvalue weighted by Gasteiger charge is 2.31. The number of amides is 3. The normalized spacial score (nSPS) is 15.7. The fourth-order valence-electron chi connectivity index (χ4n) is 4.12. The minimum absolute atomic E-state index is 0.0807. The molecule has 0 aromatic heterocycles. The molecule has 0 aliphatic carbocycles. The Hall–Kier alpha value is -3.03. The topological polar surface area (TPSA) is 52.7 Å². The number of carbonyl (C=O) groups excluding carboxylic acids is 2. The molecular formula is C25H30F3N3O2. The number of benzene rings is 2. The zero-order valence-corrected chi connectivity index (χ0v) is 19.0. The van der Waals surface area contributed by atoms with Crippen LogP contribution in [0.4, 0.5) is 23.7 Å². The van der Waals surface area contributed by atoms with Crippen LogP contribution in [0.25, 0.3) is 0 Å². The first kappa shape index (κ1) is 24.6. The molecule has 2 aromatic carbocycles. The molecule has 0 spiro atoms. The molecule has 1 heterocycles. The van der Waals surface area contributed by atoms with E-state index in [1.165, 1.54) is 22.6 Å². The van der Waals surface area contributed by atoms with Crippen LogP contribution >= 0.6 is 0 Å². The largest absolute Gasteiger partial charge is 0.416 e. The van der Waals surface area contributed by atoms with Gasteiger partial charge in [0.05, 0.1) is 11.6 Å². The zero-order chi connectivity index (χ0) is 24.0. The summed E-state index contributed by atoms with van der Waals surface area (Å²) in [6.45, 7) is 4.93. The van der Waals surface area contributed by atoms with Crippen molar-refractivity contribution in [2.45, 2.75) is 51.7 Å². The summed E-state index contributed by atoms with van der Waals surface area (Å²) in [7, 11) is 0. The van der Waals surface area contributed by atoms with Crippen molar-refractivity contribution in [1.82, 2.24) is 9.80 Å². The fraction of sp³-hybridized carbons (Fsp3) is 0.440. The number of halogens is 3. The maximum atomic E-state index is 13.2. The second-order valence-corrected chi connectivity index (χ2v) is 8.35. The van der Waals surface area contributed by atoms with Crippen molar-refractivity contribution in [3.63, 3.8) is 0 Å². The molecule has 178 valence electrons. The molecule has 1 aliphatic rings. The molecule has 0 saturated carbocycles. The molecule has 1 aliphatic heterocycles. The van der Waals surface area contributed by atoms with Gasteiger partial charge < -0.3 is 15.1 Å². The van der Waals surface area contributed by atoms with Crippen molar-refractivity contribution >= 4 is 17.6 Å². The Kier molecular flexibility index (Phi) is 8.00. The predicted octanol–water partition coefficient (Wildman–Crippen LogP) is 5.88. The number of alkyl halides is 3. The Morgan fingerprint density at radius 2 is 1.79 bits per heavy atom. The van der Waals surface area contributed by atoms with Crippen LogP contribution in [0.1, 0.15) is 55.8 Å². The number of carbonyl (C=O) groups is 2. The van der Waals surface area contributed by atoms with Gasteiger partial charge in [0.1, 0.15) is 6.54 Å². The van der Waals surface area contributed by atoms with Gasteiger partial charge in [-0.15, -0.1) is 0 Å². The van der Waals surface area contributed by atoms with Crippen LogP contribution in [0.3, 0.4) is 0 Å². The van der Waals surface area contributed by atoms with Crippen LogP contribution in [0.5, 0.6) is 0 Å². The smallest absolute Gasteiger partial charge is 0.334 e. The van der Waals surface area contributed by atoms with Gasteiger partial charge in [-0.2, -0.15) is 13.2 Å². The monoisotopic (exact) mass is 461 g/mol. The van der Waals surface area contributed by atoms with E-state index in [2.05, 4.69) is 11.4 Å². The van der Waals surface area contributed by atoms with E-state index < -0.39 is 17.8 Å². The number of urea groups is 1. The number of unbranched alkanes of at least 4 members (excludes halogenated alkanes) is 2. The van der Waals surface area contributed by atoms with E-state index in [0.717, 1.165) is 43.4 Å². The Morgan fingerprint density at radius 3 is 2.45 bits per heavy atom. The molecule has 0 fully saturated rings. The third-order valence-corrected chi connectivity index (χ3v) is 6.02. The average Bonchev–Trinajstić information content (AvgIpc) is 2.78. The van der Waals surface area contributed by atoms with Crippen molar-refractivity contribution in [1.29, 1.82) is 0 Å². The first-order valence-corrected chi connectivity index (χ1v) is 11.3. The van der Waals surface area contributed by atoms with Gasteiger partial charge in [0.15, 0.2) is 0 Å². The van der Waals surface area contributed by atoms with Crippen LogP contribution in [0, 0.1) is 0 Å². The summed E-state index contributed by atoms with van der Waals surface area (Å²) in [6, 6.07) is 11.7. The van der Waals surface area contributed by atoms with E-state index in [1.807, 2.05) is 32.0 Å². The van der Waals surface area contributed by atoms with Gasteiger partial charge in [0, 0.05) is 18.8 Å². The lowest BCUT2D eigenvalue weighted by Crippen LogP contribution is -2.47. The quantitative estimate of drug-likeness (QED) is 0.524. The van der Waals surface area contributed by atoms with Crippen LogP contribution < -0.4 is 5.32 Å². The molecule has 5 nitrogen and oxygen atoms in total. The highest BCUT2D eigenvalue weighted by molar-refractivity contribution is 5.92. The molecule has 0 radical (unpaired) electrons. The molecule has 0 bridgehead atoms. The third kappa shape index (κ3) is 6.27. The van der Waals surface area contributed by atoms with Crippen molar-refractivity contribution in [2.75, 3.05) is 25.0 Å². The van der Waals surface area contributed by atoms with Crippen LogP contribution in [-0.2, 0) is 17.4 Å². The van der Waals surface area contributed by atoms with E-state index in [0.29, 0.717) is 13.1 Å². The maximum Gasteiger partial charge on any atom is 0.416 e. The van der Waals surface area contributed by atoms with Crippen LogP contribution in [0.2, 0.25) is 0 Å². The molecule has 2 aromatic rings. The van der Waals surface area contributed by atoms with E-state index in [4.69, 9.17) is 0 Å². The molecule has 1 atom stereocenters. The molecular weight excluding hydrogens is 431 g/mol. The van der Waals surface area contributed by atoms with Crippen LogP contribution in [-0.4, -0.2) is 41.4 Å². The number of anilines is 1. The highest BCUT2D eigenvalue weighted by atomic mass is 19.4. The summed E-state index contributed by atoms with van der Waals surface area (Å²) in [6.07, 6.45) is -1.07. The summed E-state index contributed by atoms with van der Waals surface area (Å²) < 4.78 is 38.4. The number of nitrogens with zero attached hydrogens (tertiary/aromatic N) is 2. The van der Waals surface area contributed by atoms with Crippen molar-refractivity contribution in [2.24, 2.45) is 0 Å². The van der Waals surface area contributed by atoms with E-state index in [1.54, 1.807) is 4.90 Å². The van der Waals surface area contributed by atoms with Crippen molar-refractivity contribution < 1.29 is 22.8 Å². The summed E-state index contributed by atoms with van der Waals surface area (Å²) in [5.74, 6) is -0.143. The van der Waals surface area contributed by atoms with Gasteiger partial charge in [-0.25, -0.2) is 4.79 Å². The first-order valence-electron chi connectivity index (χ1n) is 11.3. The Morgan fingerprint density at radius 1 is 1.09 bits per heavy atom. The highest BCUT2D eigenvalue weighted by Crippen LogP contribution is 2.30. The fourth-order valence-corrected chi connectivity index (χ4v) is 4.12. The first-order chi connectivity index (χ1) is 15.7. The number of hydrogen-bond donors (Lipinski definition) is 1. The molecule has 1 unspecified atom stereocenters. The number of nitrogens with one attached hydrogen (secondary N) is 1. The van der Waals surface area contributed by atoms with Gasteiger partial charge in [0.25, 0.3) is 0 Å². The maximum absolute atomic E-state index is 13.2. The molecule has 3 rings (SSSR count). The lowest BCUT2D eigenvalue weighted by atomic mass is 9.93. The lowest BCUT2D eigenvalue weighted by molar-refractivity contribution is -0.137. The van der Waals surface area contributed by atoms with E-state index in [9.17, 15) is 22.8 Å². The molecule has 33 heavy (non-hydrogen) atoms. The van der Waals surface area contributed by atoms with Gasteiger partial charge in [-0.05, 0) is 55.2 Å². The summed E-state index contributed by atoms with van der Waals surface area (Å²) in [5.41, 5.74) is 1.81. The SMILES string of the molecule is CCCCCN(CC(=O)N1CCc2ccccc2C1C)C(=O)Nc1ccc(C(F)(F)F)cc1. The average molecular weight is 462 g/mol. The molecule has 1 N–H and O–H groups in total. The van der Waals surface area contributed by atoms with Gasteiger partial charge in [-0.1, -0.05) is 44.0 Å². The number of fused-ring (bicyclic) bond motifs is 1. The molecule has 3 amide bonds. The minimum Gasteiger partial charge on any atom is -0.334 e. The van der Waals surface area contributed by atoms with Crippen molar-refractivity contribution in [3.8, 4) is 0 Å². The third-order valence-electron chi connectivity index (χ3n) is 6.02.